The molecule has 130 valence electrons. The highest BCUT2D eigenvalue weighted by atomic mass is 16.6. The number of hydrogen-bond donors (Lipinski definition) is 2. The van der Waals surface area contributed by atoms with Crippen LogP contribution < -0.4 is 5.32 Å². The van der Waals surface area contributed by atoms with Gasteiger partial charge in [-0.15, -0.1) is 0 Å². The molecule has 0 unspecified atom stereocenters. The van der Waals surface area contributed by atoms with Gasteiger partial charge in [0.15, 0.2) is 0 Å². The lowest BCUT2D eigenvalue weighted by Gasteiger charge is -2.06. The third-order valence-electron chi connectivity index (χ3n) is 3.76. The summed E-state index contributed by atoms with van der Waals surface area (Å²) < 4.78 is 5.32. The normalized spacial score (nSPS) is 10.9. The highest BCUT2D eigenvalue weighted by Gasteiger charge is 2.12. The largest absolute Gasteiger partial charge is 0.382 e. The highest BCUT2D eigenvalue weighted by Crippen LogP contribution is 2.28. The second-order valence-corrected chi connectivity index (χ2v) is 5.45. The van der Waals surface area contributed by atoms with Gasteiger partial charge in [-0.25, -0.2) is 9.97 Å². The second kappa shape index (κ2) is 7.71. The minimum absolute atomic E-state index is 0.0523. The Labute approximate surface area is 144 Å². The van der Waals surface area contributed by atoms with Crippen molar-refractivity contribution in [3.63, 3.8) is 0 Å². The Kier molecular flexibility index (Phi) is 5.20. The maximum absolute atomic E-state index is 11.0. The zero-order valence-electron chi connectivity index (χ0n) is 13.9. The number of non-ortho nitro benzene ring substituents is 1. The van der Waals surface area contributed by atoms with Crippen molar-refractivity contribution in [2.75, 3.05) is 25.1 Å². The number of rotatable bonds is 8. The van der Waals surface area contributed by atoms with Gasteiger partial charge in [0.25, 0.3) is 5.69 Å². The molecule has 0 saturated heterocycles. The summed E-state index contributed by atoms with van der Waals surface area (Å²) in [5.74, 6) is 0.731. The SMILES string of the molecule is CCOCCCNc1ncnc2[nH]c(-c3cccc([N+](=O)[O-])c3)cc12. The molecule has 3 rings (SSSR count). The number of nitro benzene ring substituents is 1. The molecule has 0 bridgehead atoms. The summed E-state index contributed by atoms with van der Waals surface area (Å²) in [6.45, 7) is 4.12. The lowest BCUT2D eigenvalue weighted by Crippen LogP contribution is -2.07. The Morgan fingerprint density at radius 3 is 3.00 bits per heavy atom. The molecule has 0 spiro atoms. The van der Waals surface area contributed by atoms with Crippen LogP contribution in [0.5, 0.6) is 0 Å². The lowest BCUT2D eigenvalue weighted by atomic mass is 10.1. The monoisotopic (exact) mass is 341 g/mol. The van der Waals surface area contributed by atoms with Crippen LogP contribution in [0.15, 0.2) is 36.7 Å². The van der Waals surface area contributed by atoms with Crippen LogP contribution in [0.4, 0.5) is 11.5 Å². The number of nitrogens with zero attached hydrogens (tertiary/aromatic N) is 3. The molecular formula is C17H19N5O3. The van der Waals surface area contributed by atoms with Crippen molar-refractivity contribution in [3.8, 4) is 11.3 Å². The van der Waals surface area contributed by atoms with Gasteiger partial charge in [-0.2, -0.15) is 0 Å². The average molecular weight is 341 g/mol. The molecule has 2 N–H and O–H groups in total. The molecule has 3 aromatic rings. The molecule has 0 saturated carbocycles. The molecule has 2 aromatic heterocycles. The van der Waals surface area contributed by atoms with E-state index in [1.165, 1.54) is 18.5 Å². The summed E-state index contributed by atoms with van der Waals surface area (Å²) in [6.07, 6.45) is 2.36. The van der Waals surface area contributed by atoms with Crippen molar-refractivity contribution < 1.29 is 9.66 Å². The number of nitrogens with one attached hydrogen (secondary N) is 2. The molecule has 0 amide bonds. The summed E-state index contributed by atoms with van der Waals surface area (Å²) >= 11 is 0. The van der Waals surface area contributed by atoms with Gasteiger partial charge >= 0.3 is 0 Å². The third-order valence-corrected chi connectivity index (χ3v) is 3.76. The maximum Gasteiger partial charge on any atom is 0.270 e. The molecule has 0 fully saturated rings. The van der Waals surface area contributed by atoms with E-state index in [0.29, 0.717) is 18.9 Å². The summed E-state index contributed by atoms with van der Waals surface area (Å²) in [7, 11) is 0. The Morgan fingerprint density at radius 1 is 1.32 bits per heavy atom. The molecule has 25 heavy (non-hydrogen) atoms. The van der Waals surface area contributed by atoms with Crippen LogP contribution in [0.1, 0.15) is 13.3 Å². The summed E-state index contributed by atoms with van der Waals surface area (Å²) in [5, 5.41) is 15.1. The van der Waals surface area contributed by atoms with E-state index in [2.05, 4.69) is 20.3 Å². The molecule has 1 aromatic carbocycles. The molecule has 0 aliphatic rings. The first-order valence-electron chi connectivity index (χ1n) is 8.09. The van der Waals surface area contributed by atoms with E-state index in [9.17, 15) is 10.1 Å². The molecule has 2 heterocycles. The van der Waals surface area contributed by atoms with Gasteiger partial charge in [-0.05, 0) is 19.4 Å². The molecule has 0 atom stereocenters. The molecular weight excluding hydrogens is 322 g/mol. The number of aromatic amines is 1. The molecule has 0 aliphatic carbocycles. The number of aromatic nitrogens is 3. The first-order chi connectivity index (χ1) is 12.2. The number of anilines is 1. The predicted molar refractivity (Wildman–Crippen MR) is 95.6 cm³/mol. The van der Waals surface area contributed by atoms with Crippen LogP contribution in [0.25, 0.3) is 22.3 Å². The molecule has 0 radical (unpaired) electrons. The van der Waals surface area contributed by atoms with E-state index in [4.69, 9.17) is 4.74 Å². The standard InChI is InChI=1S/C17H19N5O3/c1-2-25-8-4-7-18-16-14-10-15(21-17(14)20-11-19-16)12-5-3-6-13(9-12)22(23)24/h3,5-6,9-11H,2,4,7-8H2,1H3,(H2,18,19,20,21). The number of fused-ring (bicyclic) bond motifs is 1. The van der Waals surface area contributed by atoms with Gasteiger partial charge in [-0.1, -0.05) is 12.1 Å². The van der Waals surface area contributed by atoms with Crippen LogP contribution in [0.2, 0.25) is 0 Å². The minimum Gasteiger partial charge on any atom is -0.382 e. The fourth-order valence-corrected chi connectivity index (χ4v) is 2.55. The van der Waals surface area contributed by atoms with Gasteiger partial charge in [0.05, 0.1) is 10.3 Å². The van der Waals surface area contributed by atoms with Crippen LogP contribution in [-0.2, 0) is 4.74 Å². The first kappa shape index (κ1) is 16.8. The van der Waals surface area contributed by atoms with Crippen LogP contribution in [0.3, 0.4) is 0 Å². The summed E-state index contributed by atoms with van der Waals surface area (Å²) in [5.41, 5.74) is 2.23. The van der Waals surface area contributed by atoms with Crippen LogP contribution in [-0.4, -0.2) is 39.6 Å². The Bertz CT molecular complexity index is 878. The number of benzene rings is 1. The van der Waals surface area contributed by atoms with E-state index in [1.54, 1.807) is 6.07 Å². The van der Waals surface area contributed by atoms with Crippen molar-refractivity contribution >= 4 is 22.5 Å². The predicted octanol–water partition coefficient (Wildman–Crippen LogP) is 3.37. The Morgan fingerprint density at radius 2 is 2.20 bits per heavy atom. The van der Waals surface area contributed by atoms with Crippen molar-refractivity contribution in [2.24, 2.45) is 0 Å². The highest BCUT2D eigenvalue weighted by molar-refractivity contribution is 5.91. The van der Waals surface area contributed by atoms with Gasteiger partial charge in [0.2, 0.25) is 0 Å². The molecule has 8 nitrogen and oxygen atoms in total. The van der Waals surface area contributed by atoms with E-state index in [1.807, 2.05) is 19.1 Å². The van der Waals surface area contributed by atoms with Gasteiger partial charge in [-0.3, -0.25) is 10.1 Å². The van der Waals surface area contributed by atoms with E-state index < -0.39 is 4.92 Å². The number of H-pyrrole nitrogens is 1. The van der Waals surface area contributed by atoms with Gasteiger partial charge in [0.1, 0.15) is 17.8 Å². The topological polar surface area (TPSA) is 106 Å². The fourth-order valence-electron chi connectivity index (χ4n) is 2.55. The van der Waals surface area contributed by atoms with Gasteiger partial charge < -0.3 is 15.0 Å². The second-order valence-electron chi connectivity index (χ2n) is 5.45. The summed E-state index contributed by atoms with van der Waals surface area (Å²) in [6, 6.07) is 8.39. The lowest BCUT2D eigenvalue weighted by molar-refractivity contribution is -0.384. The zero-order chi connectivity index (χ0) is 17.6. The maximum atomic E-state index is 11.0. The quantitative estimate of drug-likeness (QED) is 0.370. The number of hydrogen-bond acceptors (Lipinski definition) is 6. The smallest absolute Gasteiger partial charge is 0.270 e. The Hall–Kier alpha value is -3.00. The number of ether oxygens (including phenoxy) is 1. The van der Waals surface area contributed by atoms with E-state index in [0.717, 1.165) is 35.4 Å². The van der Waals surface area contributed by atoms with Crippen LogP contribution in [0, 0.1) is 10.1 Å². The zero-order valence-corrected chi connectivity index (χ0v) is 13.9. The van der Waals surface area contributed by atoms with E-state index >= 15 is 0 Å². The van der Waals surface area contributed by atoms with Gasteiger partial charge in [0, 0.05) is 43.1 Å². The fraction of sp³-hybridized carbons (Fsp3) is 0.294. The first-order valence-corrected chi connectivity index (χ1v) is 8.09. The van der Waals surface area contributed by atoms with Crippen molar-refractivity contribution in [2.45, 2.75) is 13.3 Å². The number of nitro groups is 1. The average Bonchev–Trinajstić information content (AvgIpc) is 3.07. The molecule has 0 aliphatic heterocycles. The van der Waals surface area contributed by atoms with Crippen LogP contribution >= 0.6 is 0 Å². The Balaban J connectivity index is 1.83. The summed E-state index contributed by atoms with van der Waals surface area (Å²) in [4.78, 5) is 22.3. The molecule has 8 heteroatoms. The minimum atomic E-state index is -0.405. The van der Waals surface area contributed by atoms with Crippen molar-refractivity contribution in [1.29, 1.82) is 0 Å². The van der Waals surface area contributed by atoms with Crippen molar-refractivity contribution in [3.05, 3.63) is 46.8 Å². The third kappa shape index (κ3) is 3.92. The van der Waals surface area contributed by atoms with Crippen molar-refractivity contribution in [1.82, 2.24) is 15.0 Å². The van der Waals surface area contributed by atoms with E-state index in [-0.39, 0.29) is 5.69 Å².